The highest BCUT2D eigenvalue weighted by molar-refractivity contribution is 9.10. The van der Waals surface area contributed by atoms with Gasteiger partial charge in [0.1, 0.15) is 5.60 Å². The molecule has 1 saturated heterocycles. The second-order valence-electron chi connectivity index (χ2n) is 7.25. The maximum absolute atomic E-state index is 12.4. The Hall–Kier alpha value is -1.76. The van der Waals surface area contributed by atoms with E-state index in [1.165, 1.54) is 0 Å². The highest BCUT2D eigenvalue weighted by Crippen LogP contribution is 2.20. The van der Waals surface area contributed by atoms with Crippen LogP contribution in [0.4, 0.5) is 15.3 Å². The molecule has 1 heterocycles. The van der Waals surface area contributed by atoms with E-state index in [2.05, 4.69) is 21.2 Å². The summed E-state index contributed by atoms with van der Waals surface area (Å²) in [6.07, 6.45) is 1.19. The first kappa shape index (κ1) is 19.6. The number of nitrogens with one attached hydrogen (secondary N) is 1. The topological polar surface area (TPSA) is 61.9 Å². The van der Waals surface area contributed by atoms with E-state index in [9.17, 15) is 9.59 Å². The Bertz CT molecular complexity index is 605. The number of hydrogen-bond acceptors (Lipinski definition) is 3. The average Bonchev–Trinajstić information content (AvgIpc) is 2.55. The maximum Gasteiger partial charge on any atom is 0.410 e. The molecule has 0 radical (unpaired) electrons. The zero-order valence-electron chi connectivity index (χ0n) is 15.2. The SMILES string of the molecule is CN(C(=O)Nc1ccc(Br)cc1)C1CCN(C(=O)OC(C)(C)C)CC1. The summed E-state index contributed by atoms with van der Waals surface area (Å²) in [4.78, 5) is 27.9. The Kier molecular flexibility index (Phi) is 6.32. The third kappa shape index (κ3) is 5.92. The zero-order valence-corrected chi connectivity index (χ0v) is 16.8. The standard InChI is InChI=1S/C18H26BrN3O3/c1-18(2,3)25-17(24)22-11-9-15(10-12-22)21(4)16(23)20-14-7-5-13(19)6-8-14/h5-8,15H,9-12H2,1-4H3,(H,20,23). The van der Waals surface area contributed by atoms with E-state index in [0.29, 0.717) is 13.1 Å². The van der Waals surface area contributed by atoms with E-state index >= 15 is 0 Å². The molecule has 1 aromatic rings. The number of hydrogen-bond donors (Lipinski definition) is 1. The predicted octanol–water partition coefficient (Wildman–Crippen LogP) is 4.31. The van der Waals surface area contributed by atoms with Crippen LogP contribution in [0, 0.1) is 0 Å². The molecule has 0 unspecified atom stereocenters. The van der Waals surface area contributed by atoms with Gasteiger partial charge in [-0.25, -0.2) is 9.59 Å². The summed E-state index contributed by atoms with van der Waals surface area (Å²) in [7, 11) is 1.79. The number of urea groups is 1. The molecule has 1 N–H and O–H groups in total. The smallest absolute Gasteiger partial charge is 0.410 e. The van der Waals surface area contributed by atoms with Gasteiger partial charge in [0.05, 0.1) is 0 Å². The number of piperidine rings is 1. The van der Waals surface area contributed by atoms with Crippen molar-refractivity contribution in [2.75, 3.05) is 25.5 Å². The Labute approximate surface area is 157 Å². The van der Waals surface area contributed by atoms with Crippen LogP contribution < -0.4 is 5.32 Å². The molecule has 7 heteroatoms. The summed E-state index contributed by atoms with van der Waals surface area (Å²) in [6.45, 7) is 6.76. The van der Waals surface area contributed by atoms with Crippen molar-refractivity contribution in [3.05, 3.63) is 28.7 Å². The van der Waals surface area contributed by atoms with Gasteiger partial charge in [-0.2, -0.15) is 0 Å². The molecule has 0 spiro atoms. The molecular formula is C18H26BrN3O3. The van der Waals surface area contributed by atoms with Crippen LogP contribution in [0.25, 0.3) is 0 Å². The molecule has 6 nitrogen and oxygen atoms in total. The van der Waals surface area contributed by atoms with Gasteiger partial charge in [-0.15, -0.1) is 0 Å². The Morgan fingerprint density at radius 1 is 1.20 bits per heavy atom. The minimum Gasteiger partial charge on any atom is -0.444 e. The van der Waals surface area contributed by atoms with Crippen LogP contribution in [-0.4, -0.2) is 53.7 Å². The van der Waals surface area contributed by atoms with Crippen LogP contribution >= 0.6 is 15.9 Å². The number of rotatable bonds is 2. The monoisotopic (exact) mass is 411 g/mol. The lowest BCUT2D eigenvalue weighted by Crippen LogP contribution is -2.49. The second kappa shape index (κ2) is 8.08. The molecule has 1 aromatic carbocycles. The number of carbonyl (C=O) groups is 2. The van der Waals surface area contributed by atoms with Crippen LogP contribution in [0.5, 0.6) is 0 Å². The van der Waals surface area contributed by atoms with Crippen LogP contribution in [0.2, 0.25) is 0 Å². The lowest BCUT2D eigenvalue weighted by atomic mass is 10.0. The molecule has 0 bridgehead atoms. The van der Waals surface area contributed by atoms with Crippen molar-refractivity contribution in [3.63, 3.8) is 0 Å². The van der Waals surface area contributed by atoms with E-state index in [-0.39, 0.29) is 18.2 Å². The lowest BCUT2D eigenvalue weighted by molar-refractivity contribution is 0.0174. The first-order chi connectivity index (χ1) is 11.7. The van der Waals surface area contributed by atoms with Crippen LogP contribution in [-0.2, 0) is 4.74 Å². The van der Waals surface area contributed by atoms with Crippen molar-refractivity contribution < 1.29 is 14.3 Å². The Morgan fingerprint density at radius 2 is 1.76 bits per heavy atom. The molecule has 0 aliphatic carbocycles. The molecule has 0 atom stereocenters. The van der Waals surface area contributed by atoms with Crippen molar-refractivity contribution in [1.29, 1.82) is 0 Å². The highest BCUT2D eigenvalue weighted by Gasteiger charge is 2.29. The van der Waals surface area contributed by atoms with Gasteiger partial charge in [0, 0.05) is 36.3 Å². The van der Waals surface area contributed by atoms with Crippen LogP contribution in [0.15, 0.2) is 28.7 Å². The first-order valence-corrected chi connectivity index (χ1v) is 9.22. The molecular weight excluding hydrogens is 386 g/mol. The number of nitrogens with zero attached hydrogens (tertiary/aromatic N) is 2. The Morgan fingerprint density at radius 3 is 2.28 bits per heavy atom. The number of likely N-dealkylation sites (tertiary alicyclic amines) is 1. The molecule has 3 amide bonds. The Balaban J connectivity index is 1.84. The third-order valence-corrected chi connectivity index (χ3v) is 4.61. The van der Waals surface area contributed by atoms with Gasteiger partial charge in [-0.05, 0) is 57.9 Å². The minimum atomic E-state index is -0.491. The van der Waals surface area contributed by atoms with Gasteiger partial charge in [-0.1, -0.05) is 15.9 Å². The van der Waals surface area contributed by atoms with E-state index in [1.807, 2.05) is 45.0 Å². The van der Waals surface area contributed by atoms with Crippen molar-refractivity contribution >= 4 is 33.7 Å². The van der Waals surface area contributed by atoms with Crippen molar-refractivity contribution in [3.8, 4) is 0 Å². The first-order valence-electron chi connectivity index (χ1n) is 8.43. The molecule has 1 aliphatic heterocycles. The fraction of sp³-hybridized carbons (Fsp3) is 0.556. The fourth-order valence-corrected chi connectivity index (χ4v) is 2.94. The van der Waals surface area contributed by atoms with E-state index in [1.54, 1.807) is 16.8 Å². The molecule has 2 rings (SSSR count). The number of carbonyl (C=O) groups excluding carboxylic acids is 2. The molecule has 0 saturated carbocycles. The average molecular weight is 412 g/mol. The summed E-state index contributed by atoms with van der Waals surface area (Å²) in [5, 5.41) is 2.89. The van der Waals surface area contributed by atoms with Crippen LogP contribution in [0.1, 0.15) is 33.6 Å². The quantitative estimate of drug-likeness (QED) is 0.788. The molecule has 0 aromatic heterocycles. The number of anilines is 1. The van der Waals surface area contributed by atoms with Crippen molar-refractivity contribution in [2.24, 2.45) is 0 Å². The van der Waals surface area contributed by atoms with Gasteiger partial charge >= 0.3 is 12.1 Å². The summed E-state index contributed by atoms with van der Waals surface area (Å²) in [5.74, 6) is 0. The van der Waals surface area contributed by atoms with Gasteiger partial charge in [0.15, 0.2) is 0 Å². The summed E-state index contributed by atoms with van der Waals surface area (Å²) in [5.41, 5.74) is 0.265. The van der Waals surface area contributed by atoms with E-state index in [0.717, 1.165) is 23.0 Å². The number of amides is 3. The van der Waals surface area contributed by atoms with Gasteiger partial charge in [0.2, 0.25) is 0 Å². The maximum atomic E-state index is 12.4. The third-order valence-electron chi connectivity index (χ3n) is 4.08. The van der Waals surface area contributed by atoms with Gasteiger partial charge in [0.25, 0.3) is 0 Å². The number of halogens is 1. The summed E-state index contributed by atoms with van der Waals surface area (Å²) >= 11 is 3.37. The molecule has 25 heavy (non-hydrogen) atoms. The predicted molar refractivity (Wildman–Crippen MR) is 102 cm³/mol. The minimum absolute atomic E-state index is 0.106. The van der Waals surface area contributed by atoms with Crippen LogP contribution in [0.3, 0.4) is 0 Å². The highest BCUT2D eigenvalue weighted by atomic mass is 79.9. The molecule has 1 aliphatic rings. The fourth-order valence-electron chi connectivity index (χ4n) is 2.67. The summed E-state index contributed by atoms with van der Waals surface area (Å²) < 4.78 is 6.37. The van der Waals surface area contributed by atoms with E-state index in [4.69, 9.17) is 4.74 Å². The second-order valence-corrected chi connectivity index (χ2v) is 8.16. The molecule has 138 valence electrons. The zero-order chi connectivity index (χ0) is 18.6. The molecule has 1 fully saturated rings. The normalized spacial score (nSPS) is 15.6. The largest absolute Gasteiger partial charge is 0.444 e. The van der Waals surface area contributed by atoms with E-state index < -0.39 is 5.60 Å². The van der Waals surface area contributed by atoms with Gasteiger partial charge < -0.3 is 19.9 Å². The number of benzene rings is 1. The van der Waals surface area contributed by atoms with Crippen molar-refractivity contribution in [1.82, 2.24) is 9.80 Å². The summed E-state index contributed by atoms with van der Waals surface area (Å²) in [6, 6.07) is 7.43. The van der Waals surface area contributed by atoms with Gasteiger partial charge in [-0.3, -0.25) is 0 Å². The lowest BCUT2D eigenvalue weighted by Gasteiger charge is -2.37. The van der Waals surface area contributed by atoms with Crippen molar-refractivity contribution in [2.45, 2.75) is 45.3 Å². The number of ether oxygens (including phenoxy) is 1.